The first-order chi connectivity index (χ1) is 10.5. The second-order valence-corrected chi connectivity index (χ2v) is 6.30. The van der Waals surface area contributed by atoms with Crippen molar-refractivity contribution in [2.75, 3.05) is 5.75 Å². The molecule has 6 nitrogen and oxygen atoms in total. The second kappa shape index (κ2) is 5.96. The van der Waals surface area contributed by atoms with Crippen LogP contribution >= 0.6 is 11.8 Å². The quantitative estimate of drug-likeness (QED) is 0.726. The molecule has 2 aliphatic heterocycles. The van der Waals surface area contributed by atoms with Gasteiger partial charge in [-0.15, -0.1) is 11.8 Å². The number of urea groups is 1. The molecule has 3 N–H and O–H groups in total. The number of thioether (sulfide) groups is 1. The van der Waals surface area contributed by atoms with Crippen LogP contribution in [0.4, 0.5) is 9.18 Å². The van der Waals surface area contributed by atoms with Crippen molar-refractivity contribution in [1.82, 2.24) is 16.0 Å². The zero-order chi connectivity index (χ0) is 15.7. The second-order valence-electron chi connectivity index (χ2n) is 5.16. The van der Waals surface area contributed by atoms with E-state index in [1.54, 1.807) is 17.8 Å². The van der Waals surface area contributed by atoms with E-state index in [0.717, 1.165) is 16.2 Å². The Morgan fingerprint density at radius 2 is 2.23 bits per heavy atom. The molecule has 0 radical (unpaired) electrons. The minimum absolute atomic E-state index is 0.133. The highest BCUT2D eigenvalue weighted by atomic mass is 32.2. The number of carbonyl (C=O) groups excluding carboxylic acids is 3. The fourth-order valence-corrected chi connectivity index (χ4v) is 3.66. The van der Waals surface area contributed by atoms with E-state index >= 15 is 0 Å². The fourth-order valence-electron chi connectivity index (χ4n) is 2.56. The number of rotatable bonds is 3. The Hall–Kier alpha value is -2.09. The van der Waals surface area contributed by atoms with Crippen LogP contribution in [0.1, 0.15) is 24.4 Å². The summed E-state index contributed by atoms with van der Waals surface area (Å²) in [5.41, 5.74) is 0.754. The van der Waals surface area contributed by atoms with E-state index in [1.165, 1.54) is 12.1 Å². The van der Waals surface area contributed by atoms with E-state index in [1.807, 2.05) is 0 Å². The molecule has 0 saturated carbocycles. The molecule has 2 atom stereocenters. The Kier molecular flexibility index (Phi) is 4.02. The van der Waals surface area contributed by atoms with Gasteiger partial charge in [-0.2, -0.15) is 0 Å². The molecule has 0 spiro atoms. The molecule has 2 heterocycles. The molecule has 1 fully saturated rings. The predicted molar refractivity (Wildman–Crippen MR) is 77.7 cm³/mol. The highest BCUT2D eigenvalue weighted by Crippen LogP contribution is 2.36. The first kappa shape index (κ1) is 14.8. The van der Waals surface area contributed by atoms with Crippen molar-refractivity contribution < 1.29 is 18.8 Å². The van der Waals surface area contributed by atoms with Crippen molar-refractivity contribution in [2.45, 2.75) is 29.8 Å². The standard InChI is InChI=1S/C14H14FN3O3S/c15-7-1-2-11-8(5-7)9(3-4-22-11)16-12(19)6-10-13(20)18-14(21)17-10/h1-2,5,9-10H,3-4,6H2,(H,16,19)(H2,17,18,20,21). The fraction of sp³-hybridized carbons (Fsp3) is 0.357. The lowest BCUT2D eigenvalue weighted by Crippen LogP contribution is -2.38. The van der Waals surface area contributed by atoms with E-state index in [-0.39, 0.29) is 24.2 Å². The lowest BCUT2D eigenvalue weighted by molar-refractivity contribution is -0.126. The summed E-state index contributed by atoms with van der Waals surface area (Å²) < 4.78 is 13.4. The Labute approximate surface area is 130 Å². The number of hydrogen-bond acceptors (Lipinski definition) is 4. The first-order valence-corrected chi connectivity index (χ1v) is 7.84. The summed E-state index contributed by atoms with van der Waals surface area (Å²) >= 11 is 1.62. The minimum Gasteiger partial charge on any atom is -0.349 e. The highest BCUT2D eigenvalue weighted by molar-refractivity contribution is 7.99. The topological polar surface area (TPSA) is 87.3 Å². The van der Waals surface area contributed by atoms with Gasteiger partial charge in [-0.1, -0.05) is 0 Å². The maximum absolute atomic E-state index is 13.4. The van der Waals surface area contributed by atoms with Gasteiger partial charge in [0.1, 0.15) is 11.9 Å². The number of nitrogens with one attached hydrogen (secondary N) is 3. The molecule has 116 valence electrons. The summed E-state index contributed by atoms with van der Waals surface area (Å²) in [7, 11) is 0. The van der Waals surface area contributed by atoms with Gasteiger partial charge < -0.3 is 10.6 Å². The summed E-state index contributed by atoms with van der Waals surface area (Å²) in [6, 6.07) is 2.81. The molecule has 0 aromatic heterocycles. The predicted octanol–water partition coefficient (Wildman–Crippen LogP) is 1.08. The van der Waals surface area contributed by atoms with Gasteiger partial charge in [-0.3, -0.25) is 14.9 Å². The summed E-state index contributed by atoms with van der Waals surface area (Å²) in [4.78, 5) is 35.5. The lowest BCUT2D eigenvalue weighted by atomic mass is 10.0. The third-order valence-corrected chi connectivity index (χ3v) is 4.72. The molecule has 1 aromatic carbocycles. The zero-order valence-electron chi connectivity index (χ0n) is 11.5. The molecule has 8 heteroatoms. The van der Waals surface area contributed by atoms with E-state index < -0.39 is 18.0 Å². The van der Waals surface area contributed by atoms with Gasteiger partial charge in [0.2, 0.25) is 5.91 Å². The van der Waals surface area contributed by atoms with Gasteiger partial charge in [-0.25, -0.2) is 9.18 Å². The van der Waals surface area contributed by atoms with Crippen molar-refractivity contribution in [3.8, 4) is 0 Å². The molecule has 22 heavy (non-hydrogen) atoms. The summed E-state index contributed by atoms with van der Waals surface area (Å²) in [6.45, 7) is 0. The number of fused-ring (bicyclic) bond motifs is 1. The van der Waals surface area contributed by atoms with Crippen LogP contribution in [0.5, 0.6) is 0 Å². The molecule has 1 saturated heterocycles. The average Bonchev–Trinajstić information content (AvgIpc) is 2.77. The van der Waals surface area contributed by atoms with Gasteiger partial charge in [0, 0.05) is 10.6 Å². The molecule has 2 unspecified atom stereocenters. The molecule has 0 bridgehead atoms. The highest BCUT2D eigenvalue weighted by Gasteiger charge is 2.32. The SMILES string of the molecule is O=C(CC1NC(=O)NC1=O)NC1CCSc2ccc(F)cc21. The number of halogens is 1. The molecular weight excluding hydrogens is 309 g/mol. The monoisotopic (exact) mass is 323 g/mol. The van der Waals surface area contributed by atoms with Gasteiger partial charge in [0.15, 0.2) is 0 Å². The first-order valence-electron chi connectivity index (χ1n) is 6.86. The van der Waals surface area contributed by atoms with Gasteiger partial charge in [0.25, 0.3) is 5.91 Å². The Morgan fingerprint density at radius 3 is 2.95 bits per heavy atom. The number of imide groups is 1. The third kappa shape index (κ3) is 3.06. The van der Waals surface area contributed by atoms with Crippen LogP contribution in [0.25, 0.3) is 0 Å². The van der Waals surface area contributed by atoms with E-state index in [4.69, 9.17) is 0 Å². The van der Waals surface area contributed by atoms with Crippen molar-refractivity contribution in [3.05, 3.63) is 29.6 Å². The third-order valence-electron chi connectivity index (χ3n) is 3.59. The smallest absolute Gasteiger partial charge is 0.322 e. The van der Waals surface area contributed by atoms with Crippen LogP contribution in [0.3, 0.4) is 0 Å². The Balaban J connectivity index is 1.67. The van der Waals surface area contributed by atoms with Crippen molar-refractivity contribution in [3.63, 3.8) is 0 Å². The Morgan fingerprint density at radius 1 is 1.41 bits per heavy atom. The van der Waals surface area contributed by atoms with Gasteiger partial charge in [0.05, 0.1) is 12.5 Å². The van der Waals surface area contributed by atoms with Crippen LogP contribution in [-0.2, 0) is 9.59 Å². The molecule has 3 rings (SSSR count). The van der Waals surface area contributed by atoms with Gasteiger partial charge >= 0.3 is 6.03 Å². The van der Waals surface area contributed by atoms with Gasteiger partial charge in [-0.05, 0) is 30.2 Å². The van der Waals surface area contributed by atoms with Crippen molar-refractivity contribution >= 4 is 29.6 Å². The maximum atomic E-state index is 13.4. The summed E-state index contributed by atoms with van der Waals surface area (Å²) in [5, 5.41) is 7.27. The lowest BCUT2D eigenvalue weighted by Gasteiger charge is -2.26. The van der Waals surface area contributed by atoms with Crippen molar-refractivity contribution in [1.29, 1.82) is 0 Å². The zero-order valence-corrected chi connectivity index (χ0v) is 12.3. The maximum Gasteiger partial charge on any atom is 0.322 e. The van der Waals surface area contributed by atoms with Crippen LogP contribution < -0.4 is 16.0 Å². The van der Waals surface area contributed by atoms with E-state index in [2.05, 4.69) is 16.0 Å². The van der Waals surface area contributed by atoms with E-state index in [0.29, 0.717) is 6.42 Å². The molecule has 2 aliphatic rings. The van der Waals surface area contributed by atoms with Crippen LogP contribution in [0, 0.1) is 5.82 Å². The molecular formula is C14H14FN3O3S. The summed E-state index contributed by atoms with van der Waals surface area (Å²) in [6.07, 6.45) is 0.557. The number of amides is 4. The number of carbonyl (C=O) groups is 3. The van der Waals surface area contributed by atoms with Crippen LogP contribution in [0.15, 0.2) is 23.1 Å². The average molecular weight is 323 g/mol. The van der Waals surface area contributed by atoms with Crippen LogP contribution in [-0.4, -0.2) is 29.6 Å². The number of hydrogen-bond donors (Lipinski definition) is 3. The molecule has 1 aromatic rings. The summed E-state index contributed by atoms with van der Waals surface area (Å²) in [5.74, 6) is -0.382. The van der Waals surface area contributed by atoms with Crippen molar-refractivity contribution in [2.24, 2.45) is 0 Å². The normalized spacial score (nSPS) is 23.5. The Bertz CT molecular complexity index is 652. The largest absolute Gasteiger partial charge is 0.349 e. The molecule has 4 amide bonds. The molecule has 0 aliphatic carbocycles. The van der Waals surface area contributed by atoms with E-state index in [9.17, 15) is 18.8 Å². The van der Waals surface area contributed by atoms with Crippen LogP contribution in [0.2, 0.25) is 0 Å². The number of benzene rings is 1. The minimum atomic E-state index is -0.850.